The van der Waals surface area contributed by atoms with E-state index in [1.807, 2.05) is 0 Å². The van der Waals surface area contributed by atoms with Crippen molar-refractivity contribution in [1.29, 1.82) is 0 Å². The van der Waals surface area contributed by atoms with E-state index in [1.165, 1.54) is 0 Å². The molecule has 0 spiro atoms. The lowest BCUT2D eigenvalue weighted by Gasteiger charge is -2.52. The van der Waals surface area contributed by atoms with E-state index in [0.29, 0.717) is 13.1 Å². The fourth-order valence-electron chi connectivity index (χ4n) is 7.30. The van der Waals surface area contributed by atoms with E-state index >= 15 is 17.6 Å². The summed E-state index contributed by atoms with van der Waals surface area (Å²) < 4.78 is 91.1. The summed E-state index contributed by atoms with van der Waals surface area (Å²) in [6.07, 6.45) is 4.16. The van der Waals surface area contributed by atoms with Crippen LogP contribution >= 0.6 is 23.5 Å². The van der Waals surface area contributed by atoms with Crippen LogP contribution in [0.15, 0.2) is 41.9 Å². The molecular weight excluding hydrogens is 506 g/mol. The third kappa shape index (κ3) is 2.61. The molecule has 2 nitrogen and oxygen atoms in total. The molecule has 0 aromatic rings. The van der Waals surface area contributed by atoms with E-state index in [1.54, 1.807) is 27.7 Å². The second-order valence-electron chi connectivity index (χ2n) is 10.9. The lowest BCUT2D eigenvalue weighted by atomic mass is 9.54. The Labute approximate surface area is 209 Å². The minimum absolute atomic E-state index is 0.0385. The highest BCUT2D eigenvalue weighted by molar-refractivity contribution is 8.07. The van der Waals surface area contributed by atoms with E-state index in [4.69, 9.17) is 0 Å². The molecule has 6 rings (SSSR count). The Balaban J connectivity index is 1.65. The number of allylic oxidation sites excluding steroid dienone is 6. The summed E-state index contributed by atoms with van der Waals surface area (Å²) >= 11 is 1.97. The molecule has 4 atom stereocenters. The van der Waals surface area contributed by atoms with Crippen LogP contribution in [0.3, 0.4) is 0 Å². The van der Waals surface area contributed by atoms with Gasteiger partial charge in [0.15, 0.2) is 0 Å². The van der Waals surface area contributed by atoms with Gasteiger partial charge < -0.3 is 10.6 Å². The van der Waals surface area contributed by atoms with Crippen molar-refractivity contribution in [2.24, 2.45) is 10.8 Å². The molecule has 1 saturated heterocycles. The van der Waals surface area contributed by atoms with E-state index in [9.17, 15) is 8.78 Å². The maximum atomic E-state index is 15.4. The zero-order chi connectivity index (χ0) is 25.3. The van der Waals surface area contributed by atoms with Crippen LogP contribution in [0.25, 0.3) is 0 Å². The number of fused-ring (bicyclic) bond motifs is 2. The summed E-state index contributed by atoms with van der Waals surface area (Å²) in [5, 5.41) is 7.24. The predicted molar refractivity (Wildman–Crippen MR) is 128 cm³/mol. The summed E-state index contributed by atoms with van der Waals surface area (Å²) in [5.74, 6) is -15.4. The van der Waals surface area contributed by atoms with Gasteiger partial charge in [0, 0.05) is 57.0 Å². The van der Waals surface area contributed by atoms with Gasteiger partial charge in [0.25, 0.3) is 0 Å². The minimum Gasteiger partial charge on any atom is -0.309 e. The maximum absolute atomic E-state index is 15.4. The molecule has 3 fully saturated rings. The van der Waals surface area contributed by atoms with Crippen LogP contribution < -0.4 is 10.6 Å². The summed E-state index contributed by atoms with van der Waals surface area (Å²) in [6.45, 7) is 8.01. The largest absolute Gasteiger partial charge is 0.380 e. The van der Waals surface area contributed by atoms with Crippen LogP contribution in [0.5, 0.6) is 0 Å². The Morgan fingerprint density at radius 3 is 1.43 bits per heavy atom. The van der Waals surface area contributed by atoms with Crippen LogP contribution in [0, 0.1) is 10.8 Å². The first kappa shape index (κ1) is 24.5. The Hall–Kier alpha value is -0.840. The van der Waals surface area contributed by atoms with Gasteiger partial charge in [-0.05, 0) is 61.5 Å². The molecule has 2 unspecified atom stereocenters. The number of nitrogens with one attached hydrogen (secondary N) is 2. The van der Waals surface area contributed by atoms with Gasteiger partial charge in [-0.1, -0.05) is 36.4 Å². The Morgan fingerprint density at radius 2 is 1.06 bits per heavy atom. The first-order valence-electron chi connectivity index (χ1n) is 12.1. The minimum atomic E-state index is -5.50. The smallest absolute Gasteiger partial charge is 0.309 e. The SMILES string of the molecule is CC1=C2CN[C@H]3CCCC[C@@H]3NCC3=C(C)SC4=C5C(=C(S1)C2(C)C34C)C(F)(F)C(F)(F)C5(F)F. The van der Waals surface area contributed by atoms with Gasteiger partial charge in [-0.2, -0.15) is 26.3 Å². The lowest BCUT2D eigenvalue weighted by molar-refractivity contribution is -0.258. The van der Waals surface area contributed by atoms with Crippen molar-refractivity contribution in [2.75, 3.05) is 13.1 Å². The second kappa shape index (κ2) is 7.17. The fraction of sp³-hybridized carbons (Fsp3) is 0.680. The third-order valence-corrected chi connectivity index (χ3v) is 12.2. The van der Waals surface area contributed by atoms with Gasteiger partial charge in [0.2, 0.25) is 0 Å². The van der Waals surface area contributed by atoms with Gasteiger partial charge in [-0.3, -0.25) is 0 Å². The summed E-state index contributed by atoms with van der Waals surface area (Å²) in [4.78, 5) is 1.38. The molecule has 2 saturated carbocycles. The van der Waals surface area contributed by atoms with Crippen molar-refractivity contribution in [1.82, 2.24) is 10.6 Å². The highest BCUT2D eigenvalue weighted by Gasteiger charge is 2.85. The number of thioether (sulfide) groups is 2. The first-order valence-corrected chi connectivity index (χ1v) is 13.7. The number of rotatable bonds is 0. The monoisotopic (exact) mass is 534 g/mol. The average Bonchev–Trinajstić information content (AvgIpc) is 3.23. The molecule has 3 aliphatic carbocycles. The molecule has 6 aliphatic rings. The van der Waals surface area contributed by atoms with Crippen molar-refractivity contribution >= 4 is 23.5 Å². The Morgan fingerprint density at radius 1 is 0.686 bits per heavy atom. The predicted octanol–water partition coefficient (Wildman–Crippen LogP) is 6.99. The zero-order valence-electron chi connectivity index (χ0n) is 20.0. The lowest BCUT2D eigenvalue weighted by Crippen LogP contribution is -2.55. The summed E-state index contributed by atoms with van der Waals surface area (Å²) in [6, 6.07) is 0.397. The maximum Gasteiger partial charge on any atom is 0.380 e. The molecule has 0 aromatic heterocycles. The van der Waals surface area contributed by atoms with Gasteiger partial charge in [-0.25, -0.2) is 0 Å². The van der Waals surface area contributed by atoms with E-state index < -0.39 is 39.7 Å². The zero-order valence-corrected chi connectivity index (χ0v) is 21.6. The molecule has 192 valence electrons. The number of alkyl halides is 6. The van der Waals surface area contributed by atoms with Crippen molar-refractivity contribution in [3.63, 3.8) is 0 Å². The normalized spacial score (nSPS) is 41.3. The van der Waals surface area contributed by atoms with E-state index in [2.05, 4.69) is 10.6 Å². The van der Waals surface area contributed by atoms with E-state index in [-0.39, 0.29) is 21.9 Å². The number of hydrogen-bond donors (Lipinski definition) is 2. The molecule has 35 heavy (non-hydrogen) atoms. The van der Waals surface area contributed by atoms with Gasteiger partial charge in [0.05, 0.1) is 0 Å². The first-order chi connectivity index (χ1) is 16.2. The van der Waals surface area contributed by atoms with Crippen molar-refractivity contribution in [3.05, 3.63) is 41.9 Å². The average molecular weight is 535 g/mol. The van der Waals surface area contributed by atoms with Crippen molar-refractivity contribution in [2.45, 2.75) is 83.2 Å². The molecule has 3 aliphatic heterocycles. The summed E-state index contributed by atoms with van der Waals surface area (Å²) in [5.41, 5.74) is -2.87. The molecule has 0 amide bonds. The standard InChI is InChI=1S/C25H28F6N2S2/c1-11-13-9-32-15-7-5-6-8-16(15)33-10-14-12(2)35-20-18-17(19(34-11)21(13,3)22(14,20)4)23(26,27)25(30,31)24(18,28)29/h15-16,32-33H,5-10H2,1-4H3/t15-,16-,21?,22?/m0/s1. The van der Waals surface area contributed by atoms with E-state index in [0.717, 1.165) is 70.2 Å². The summed E-state index contributed by atoms with van der Waals surface area (Å²) in [7, 11) is 0. The third-order valence-electron chi connectivity index (χ3n) is 9.44. The number of hydrogen-bond acceptors (Lipinski definition) is 4. The molecule has 0 aromatic carbocycles. The fourth-order valence-corrected chi connectivity index (χ4v) is 10.4. The molecule has 3 heterocycles. The van der Waals surface area contributed by atoms with Crippen LogP contribution in [0.1, 0.15) is 53.4 Å². The molecule has 0 radical (unpaired) electrons. The van der Waals surface area contributed by atoms with Crippen LogP contribution in [0.2, 0.25) is 0 Å². The Kier molecular flexibility index (Phi) is 5.02. The van der Waals surface area contributed by atoms with Gasteiger partial charge in [-0.15, -0.1) is 0 Å². The number of halogens is 6. The highest BCUT2D eigenvalue weighted by atomic mass is 32.2. The molecule has 2 N–H and O–H groups in total. The van der Waals surface area contributed by atoms with Crippen LogP contribution in [-0.2, 0) is 0 Å². The van der Waals surface area contributed by atoms with Crippen LogP contribution in [0.4, 0.5) is 26.3 Å². The van der Waals surface area contributed by atoms with Crippen molar-refractivity contribution < 1.29 is 26.3 Å². The quantitative estimate of drug-likeness (QED) is 0.327. The van der Waals surface area contributed by atoms with Gasteiger partial charge >= 0.3 is 17.8 Å². The van der Waals surface area contributed by atoms with Crippen molar-refractivity contribution in [3.8, 4) is 0 Å². The van der Waals surface area contributed by atoms with Gasteiger partial charge in [0.1, 0.15) is 0 Å². The molecule has 10 heteroatoms. The Bertz CT molecular complexity index is 1080. The topological polar surface area (TPSA) is 24.1 Å². The molecule has 0 bridgehead atoms. The highest BCUT2D eigenvalue weighted by Crippen LogP contribution is 2.79. The van der Waals surface area contributed by atoms with Crippen LogP contribution in [-0.4, -0.2) is 42.9 Å². The molecular formula is C25H28F6N2S2. The second-order valence-corrected chi connectivity index (χ2v) is 13.4.